The Balaban J connectivity index is 0.000000149. The average Bonchev–Trinajstić information content (AvgIpc) is 2.68. The van der Waals surface area contributed by atoms with Gasteiger partial charge in [0.05, 0.1) is 11.1 Å². The van der Waals surface area contributed by atoms with Crippen molar-refractivity contribution in [3.8, 4) is 0 Å². The highest BCUT2D eigenvalue weighted by Gasteiger charge is 2.25. The number of benzene rings is 2. The second-order valence-electron chi connectivity index (χ2n) is 3.66. The smallest absolute Gasteiger partial charge is 0.258 e. The second-order valence-corrected chi connectivity index (χ2v) is 4.18. The predicted octanol–water partition coefficient (Wildman–Crippen LogP) is 2.55. The van der Waals surface area contributed by atoms with Gasteiger partial charge in [0.15, 0.2) is 0 Å². The van der Waals surface area contributed by atoms with Gasteiger partial charge in [-0.15, -0.1) is 12.6 Å². The molecule has 1 aliphatic rings. The first-order chi connectivity index (χ1) is 8.68. The molecule has 0 radical (unpaired) electrons. The van der Waals surface area contributed by atoms with Crippen molar-refractivity contribution >= 4 is 24.4 Å². The van der Waals surface area contributed by atoms with Gasteiger partial charge < -0.3 is 0 Å². The van der Waals surface area contributed by atoms with Crippen LogP contribution in [0.4, 0.5) is 0 Å². The monoisotopic (exact) mass is 257 g/mol. The highest BCUT2D eigenvalue weighted by molar-refractivity contribution is 7.80. The fraction of sp³-hybridized carbons (Fsp3) is 0. The number of carbonyl (C=O) groups is 2. The van der Waals surface area contributed by atoms with E-state index in [-0.39, 0.29) is 11.8 Å². The molecule has 0 aromatic heterocycles. The van der Waals surface area contributed by atoms with E-state index in [1.165, 1.54) is 0 Å². The molecule has 0 saturated carbocycles. The minimum Gasteiger partial charge on any atom is -0.288 e. The average molecular weight is 257 g/mol. The van der Waals surface area contributed by atoms with Crippen LogP contribution in [0, 0.1) is 0 Å². The molecule has 1 N–H and O–H groups in total. The van der Waals surface area contributed by atoms with Crippen LogP contribution in [0.3, 0.4) is 0 Å². The number of carbonyl (C=O) groups excluding carboxylic acids is 2. The van der Waals surface area contributed by atoms with Crippen molar-refractivity contribution in [3.63, 3.8) is 0 Å². The van der Waals surface area contributed by atoms with E-state index in [1.807, 2.05) is 30.3 Å². The van der Waals surface area contributed by atoms with Crippen LogP contribution < -0.4 is 5.32 Å². The first-order valence-corrected chi connectivity index (χ1v) is 5.82. The van der Waals surface area contributed by atoms with Gasteiger partial charge in [-0.3, -0.25) is 14.9 Å². The molecule has 0 saturated heterocycles. The molecule has 4 heteroatoms. The van der Waals surface area contributed by atoms with Crippen LogP contribution in [0.15, 0.2) is 59.5 Å². The number of thiol groups is 1. The third-order valence-electron chi connectivity index (χ3n) is 2.40. The molecule has 18 heavy (non-hydrogen) atoms. The predicted molar refractivity (Wildman–Crippen MR) is 71.9 cm³/mol. The lowest BCUT2D eigenvalue weighted by Crippen LogP contribution is -2.19. The summed E-state index contributed by atoms with van der Waals surface area (Å²) in [5.74, 6) is -0.601. The van der Waals surface area contributed by atoms with Gasteiger partial charge in [0.2, 0.25) is 0 Å². The Kier molecular flexibility index (Phi) is 3.79. The number of imide groups is 1. The van der Waals surface area contributed by atoms with Crippen LogP contribution in [-0.4, -0.2) is 11.8 Å². The van der Waals surface area contributed by atoms with Crippen molar-refractivity contribution in [1.29, 1.82) is 0 Å². The number of nitrogens with one attached hydrogen (secondary N) is 1. The molecule has 0 unspecified atom stereocenters. The summed E-state index contributed by atoms with van der Waals surface area (Å²) in [6, 6.07) is 16.5. The van der Waals surface area contributed by atoms with Crippen LogP contribution in [0.25, 0.3) is 0 Å². The maximum Gasteiger partial charge on any atom is 0.258 e. The van der Waals surface area contributed by atoms with Gasteiger partial charge >= 0.3 is 0 Å². The summed E-state index contributed by atoms with van der Waals surface area (Å²) in [5, 5.41) is 2.20. The fourth-order valence-corrected chi connectivity index (χ4v) is 1.72. The molecule has 3 rings (SSSR count). The molecule has 0 atom stereocenters. The van der Waals surface area contributed by atoms with E-state index in [0.717, 1.165) is 4.90 Å². The van der Waals surface area contributed by atoms with Crippen molar-refractivity contribution in [1.82, 2.24) is 5.32 Å². The maximum absolute atomic E-state index is 10.9. The highest BCUT2D eigenvalue weighted by Crippen LogP contribution is 2.13. The largest absolute Gasteiger partial charge is 0.288 e. The lowest BCUT2D eigenvalue weighted by molar-refractivity contribution is 0.0879. The van der Waals surface area contributed by atoms with Crippen LogP contribution >= 0.6 is 12.6 Å². The maximum atomic E-state index is 10.9. The van der Waals surface area contributed by atoms with Gasteiger partial charge in [0.25, 0.3) is 11.8 Å². The molecule has 3 nitrogen and oxygen atoms in total. The molecule has 90 valence electrons. The normalized spacial score (nSPS) is 12.3. The second kappa shape index (κ2) is 5.51. The van der Waals surface area contributed by atoms with E-state index in [0.29, 0.717) is 11.1 Å². The number of amides is 2. The van der Waals surface area contributed by atoms with Gasteiger partial charge in [0, 0.05) is 4.90 Å². The Hall–Kier alpha value is -2.07. The molecule has 2 amide bonds. The molecule has 0 bridgehead atoms. The number of fused-ring (bicyclic) bond motifs is 1. The van der Waals surface area contributed by atoms with E-state index in [2.05, 4.69) is 17.9 Å². The Bertz CT molecular complexity index is 548. The summed E-state index contributed by atoms with van der Waals surface area (Å²) in [4.78, 5) is 22.9. The van der Waals surface area contributed by atoms with Gasteiger partial charge in [-0.05, 0) is 24.3 Å². The third kappa shape index (κ3) is 2.78. The topological polar surface area (TPSA) is 46.2 Å². The summed E-state index contributed by atoms with van der Waals surface area (Å²) in [6.45, 7) is 0. The van der Waals surface area contributed by atoms with Crippen LogP contribution in [-0.2, 0) is 0 Å². The van der Waals surface area contributed by atoms with Gasteiger partial charge in [-0.25, -0.2) is 0 Å². The van der Waals surface area contributed by atoms with E-state index in [1.54, 1.807) is 24.3 Å². The molecular formula is C14H11NO2S. The third-order valence-corrected chi connectivity index (χ3v) is 2.70. The Labute approximate surface area is 110 Å². The van der Waals surface area contributed by atoms with Crippen LogP contribution in [0.5, 0.6) is 0 Å². The molecule has 1 heterocycles. The zero-order valence-corrected chi connectivity index (χ0v) is 10.4. The highest BCUT2D eigenvalue weighted by atomic mass is 32.1. The first kappa shape index (κ1) is 12.4. The summed E-state index contributed by atoms with van der Waals surface area (Å²) < 4.78 is 0. The molecule has 2 aromatic rings. The van der Waals surface area contributed by atoms with Crippen molar-refractivity contribution < 1.29 is 9.59 Å². The van der Waals surface area contributed by atoms with Crippen molar-refractivity contribution in [2.75, 3.05) is 0 Å². The standard InChI is InChI=1S/C8H5NO2.C6H6S/c10-7-5-3-1-2-4-6(5)8(11)9-7;7-6-4-2-1-3-5-6/h1-4H,(H,9,10,11);1-5,7H. The zero-order valence-electron chi connectivity index (χ0n) is 9.46. The van der Waals surface area contributed by atoms with E-state index in [4.69, 9.17) is 0 Å². The summed E-state index contributed by atoms with van der Waals surface area (Å²) in [6.07, 6.45) is 0. The number of rotatable bonds is 0. The molecule has 1 aliphatic heterocycles. The fourth-order valence-electron chi connectivity index (χ4n) is 1.54. The first-order valence-electron chi connectivity index (χ1n) is 5.37. The quantitative estimate of drug-likeness (QED) is 0.563. The SMILES string of the molecule is O=C1NC(=O)c2ccccc21.Sc1ccccc1. The summed E-state index contributed by atoms with van der Waals surface area (Å²) in [7, 11) is 0. The number of hydrogen-bond donors (Lipinski definition) is 2. The van der Waals surface area contributed by atoms with Crippen molar-refractivity contribution in [2.24, 2.45) is 0 Å². The number of hydrogen-bond acceptors (Lipinski definition) is 3. The zero-order chi connectivity index (χ0) is 13.0. The molecular weight excluding hydrogens is 246 g/mol. The van der Waals surface area contributed by atoms with Gasteiger partial charge in [-0.1, -0.05) is 30.3 Å². The van der Waals surface area contributed by atoms with E-state index in [9.17, 15) is 9.59 Å². The van der Waals surface area contributed by atoms with Crippen molar-refractivity contribution in [2.45, 2.75) is 4.90 Å². The summed E-state index contributed by atoms with van der Waals surface area (Å²) >= 11 is 4.08. The minimum absolute atomic E-state index is 0.300. The molecule has 0 fully saturated rings. The van der Waals surface area contributed by atoms with Gasteiger partial charge in [0.1, 0.15) is 0 Å². The minimum atomic E-state index is -0.300. The Morgan fingerprint density at radius 3 is 1.56 bits per heavy atom. The Morgan fingerprint density at radius 1 is 0.722 bits per heavy atom. The Morgan fingerprint density at radius 2 is 1.17 bits per heavy atom. The summed E-state index contributed by atoms with van der Waals surface area (Å²) in [5.41, 5.74) is 0.940. The van der Waals surface area contributed by atoms with Crippen LogP contribution in [0.1, 0.15) is 20.7 Å². The van der Waals surface area contributed by atoms with E-state index >= 15 is 0 Å². The van der Waals surface area contributed by atoms with Gasteiger partial charge in [-0.2, -0.15) is 0 Å². The van der Waals surface area contributed by atoms with Crippen LogP contribution in [0.2, 0.25) is 0 Å². The molecule has 0 spiro atoms. The molecule has 2 aromatic carbocycles. The van der Waals surface area contributed by atoms with Crippen molar-refractivity contribution in [3.05, 3.63) is 65.7 Å². The lowest BCUT2D eigenvalue weighted by atomic mass is 10.1. The lowest BCUT2D eigenvalue weighted by Gasteiger charge is -1.88. The van der Waals surface area contributed by atoms with E-state index < -0.39 is 0 Å². The molecule has 0 aliphatic carbocycles.